The maximum atomic E-state index is 12.4. The van der Waals surface area contributed by atoms with E-state index in [0.717, 1.165) is 42.4 Å². The molecule has 5 nitrogen and oxygen atoms in total. The van der Waals surface area contributed by atoms with E-state index >= 15 is 0 Å². The van der Waals surface area contributed by atoms with Crippen LogP contribution in [0.25, 0.3) is 10.9 Å². The highest BCUT2D eigenvalue weighted by Crippen LogP contribution is 2.45. The fraction of sp³-hybridized carbons (Fsp3) is 0.550. The van der Waals surface area contributed by atoms with Crippen LogP contribution in [0.5, 0.6) is 0 Å². The van der Waals surface area contributed by atoms with E-state index in [0.29, 0.717) is 17.7 Å². The summed E-state index contributed by atoms with van der Waals surface area (Å²) in [5.74, 6) is 0.511. The van der Waals surface area contributed by atoms with E-state index in [9.17, 15) is 9.90 Å². The van der Waals surface area contributed by atoms with Crippen LogP contribution in [-0.4, -0.2) is 46.9 Å². The number of piperidine rings is 1. The van der Waals surface area contributed by atoms with E-state index in [4.69, 9.17) is 4.74 Å². The van der Waals surface area contributed by atoms with Crippen molar-refractivity contribution in [2.75, 3.05) is 20.2 Å². The van der Waals surface area contributed by atoms with Crippen LogP contribution in [0.4, 0.5) is 4.79 Å². The van der Waals surface area contributed by atoms with Crippen LogP contribution in [-0.2, 0) is 17.8 Å². The number of hydrogen-bond acceptors (Lipinski definition) is 4. The molecule has 0 unspecified atom stereocenters. The first-order valence-corrected chi connectivity index (χ1v) is 9.29. The summed E-state index contributed by atoms with van der Waals surface area (Å²) in [5, 5.41) is 11.2. The number of aliphatic hydroxyl groups excluding tert-OH is 1. The summed E-state index contributed by atoms with van der Waals surface area (Å²) in [5.41, 5.74) is 4.02. The van der Waals surface area contributed by atoms with Gasteiger partial charge in [0.25, 0.3) is 0 Å². The number of rotatable bonds is 3. The van der Waals surface area contributed by atoms with Crippen LogP contribution in [0.15, 0.2) is 18.2 Å². The Morgan fingerprint density at radius 3 is 2.96 bits per heavy atom. The molecule has 134 valence electrons. The normalized spacial score (nSPS) is 22.8. The maximum absolute atomic E-state index is 12.4. The third-order valence-electron chi connectivity index (χ3n) is 5.96. The number of nitrogens with zero attached hydrogens (tertiary/aromatic N) is 2. The van der Waals surface area contributed by atoms with Crippen LogP contribution in [0.1, 0.15) is 48.9 Å². The molecule has 0 saturated carbocycles. The van der Waals surface area contributed by atoms with Gasteiger partial charge in [-0.2, -0.15) is 0 Å². The first kappa shape index (κ1) is 16.6. The number of benzene rings is 1. The Morgan fingerprint density at radius 1 is 1.40 bits per heavy atom. The first-order valence-electron chi connectivity index (χ1n) is 9.29. The van der Waals surface area contributed by atoms with Crippen molar-refractivity contribution in [3.05, 3.63) is 35.0 Å². The zero-order valence-corrected chi connectivity index (χ0v) is 15.0. The molecule has 0 spiro atoms. The fourth-order valence-corrected chi connectivity index (χ4v) is 5.03. The SMILES string of the molecule is CCCN1CCC[C@@H]2c3cccc4c3c(c(CO)n4C(=O)OC)C[C@H]21. The molecule has 1 aromatic carbocycles. The first-order chi connectivity index (χ1) is 12.2. The molecular weight excluding hydrogens is 316 g/mol. The smallest absolute Gasteiger partial charge is 0.418 e. The van der Waals surface area contributed by atoms with Crippen molar-refractivity contribution in [1.29, 1.82) is 0 Å². The molecule has 1 aliphatic heterocycles. The third-order valence-corrected chi connectivity index (χ3v) is 5.96. The van der Waals surface area contributed by atoms with E-state index in [2.05, 4.69) is 17.9 Å². The summed E-state index contributed by atoms with van der Waals surface area (Å²) in [7, 11) is 1.39. The number of aromatic nitrogens is 1. The highest BCUT2D eigenvalue weighted by molar-refractivity contribution is 5.96. The third kappa shape index (κ3) is 2.41. The van der Waals surface area contributed by atoms with E-state index in [1.807, 2.05) is 12.1 Å². The van der Waals surface area contributed by atoms with Crippen molar-refractivity contribution in [2.45, 2.75) is 51.2 Å². The Morgan fingerprint density at radius 2 is 2.24 bits per heavy atom. The number of likely N-dealkylation sites (tertiary alicyclic amines) is 1. The average Bonchev–Trinajstić information content (AvgIpc) is 2.97. The number of fused-ring (bicyclic) bond motifs is 2. The number of methoxy groups -OCH3 is 1. The molecule has 1 saturated heterocycles. The molecule has 1 N–H and O–H groups in total. The lowest BCUT2D eigenvalue weighted by Gasteiger charge is -2.44. The minimum absolute atomic E-state index is 0.149. The van der Waals surface area contributed by atoms with Crippen LogP contribution < -0.4 is 0 Å². The molecule has 1 aliphatic carbocycles. The molecule has 2 aromatic rings. The Balaban J connectivity index is 1.93. The number of aliphatic hydroxyl groups is 1. The molecule has 2 atom stereocenters. The highest BCUT2D eigenvalue weighted by atomic mass is 16.5. The molecule has 1 aromatic heterocycles. The summed E-state index contributed by atoms with van der Waals surface area (Å²) in [6, 6.07) is 6.67. The zero-order chi connectivity index (χ0) is 17.6. The lowest BCUT2D eigenvalue weighted by Crippen LogP contribution is -2.47. The molecule has 2 heterocycles. The number of ether oxygens (including phenoxy) is 1. The van der Waals surface area contributed by atoms with E-state index in [1.54, 1.807) is 4.57 Å². The fourth-order valence-electron chi connectivity index (χ4n) is 5.03. The molecule has 0 bridgehead atoms. The van der Waals surface area contributed by atoms with Gasteiger partial charge in [0, 0.05) is 17.3 Å². The Labute approximate surface area is 148 Å². The van der Waals surface area contributed by atoms with Crippen molar-refractivity contribution in [3.63, 3.8) is 0 Å². The molecule has 0 radical (unpaired) electrons. The van der Waals surface area contributed by atoms with E-state index < -0.39 is 6.09 Å². The quantitative estimate of drug-likeness (QED) is 0.930. The van der Waals surface area contributed by atoms with Crippen LogP contribution >= 0.6 is 0 Å². The number of hydrogen-bond donors (Lipinski definition) is 1. The second-order valence-corrected chi connectivity index (χ2v) is 7.19. The van der Waals surface area contributed by atoms with E-state index in [-0.39, 0.29) is 6.61 Å². The molecule has 2 aliphatic rings. The van der Waals surface area contributed by atoms with Gasteiger partial charge in [-0.05, 0) is 56.0 Å². The zero-order valence-electron chi connectivity index (χ0n) is 15.0. The van der Waals surface area contributed by atoms with Gasteiger partial charge >= 0.3 is 6.09 Å². The van der Waals surface area contributed by atoms with Crippen molar-refractivity contribution in [2.24, 2.45) is 0 Å². The largest absolute Gasteiger partial charge is 0.452 e. The Bertz CT molecular complexity index is 809. The molecule has 5 heteroatoms. The predicted molar refractivity (Wildman–Crippen MR) is 97.0 cm³/mol. The standard InChI is InChI=1S/C20H26N2O3/c1-3-9-21-10-5-7-13-14-6-4-8-16-19(14)15(11-17(13)21)18(12-23)22(16)20(24)25-2/h4,6,8,13,17,23H,3,5,7,9-12H2,1-2H3/t13-,17-/m1/s1. The average molecular weight is 342 g/mol. The molecular formula is C20H26N2O3. The van der Waals surface area contributed by atoms with Crippen molar-refractivity contribution < 1.29 is 14.6 Å². The van der Waals surface area contributed by atoms with Crippen molar-refractivity contribution >= 4 is 17.0 Å². The lowest BCUT2D eigenvalue weighted by atomic mass is 9.74. The van der Waals surface area contributed by atoms with Gasteiger partial charge in [-0.25, -0.2) is 9.36 Å². The van der Waals surface area contributed by atoms with Gasteiger partial charge in [-0.3, -0.25) is 4.90 Å². The minimum atomic E-state index is -0.423. The van der Waals surface area contributed by atoms with Gasteiger partial charge in [0.1, 0.15) is 0 Å². The minimum Gasteiger partial charge on any atom is -0.452 e. The summed E-state index contributed by atoms with van der Waals surface area (Å²) in [6.45, 7) is 4.33. The molecule has 0 amide bonds. The number of carbonyl (C=O) groups is 1. The summed E-state index contributed by atoms with van der Waals surface area (Å²) in [4.78, 5) is 15.0. The second-order valence-electron chi connectivity index (χ2n) is 7.19. The summed E-state index contributed by atoms with van der Waals surface area (Å²) < 4.78 is 6.55. The Hall–Kier alpha value is -1.85. The Kier molecular flexibility index (Phi) is 4.29. The van der Waals surface area contributed by atoms with Crippen molar-refractivity contribution in [1.82, 2.24) is 9.47 Å². The van der Waals surface area contributed by atoms with Gasteiger partial charge in [0.2, 0.25) is 0 Å². The van der Waals surface area contributed by atoms with Crippen LogP contribution in [0, 0.1) is 0 Å². The van der Waals surface area contributed by atoms with Gasteiger partial charge in [-0.15, -0.1) is 0 Å². The molecule has 25 heavy (non-hydrogen) atoms. The molecule has 1 fully saturated rings. The van der Waals surface area contributed by atoms with Crippen LogP contribution in [0.3, 0.4) is 0 Å². The van der Waals surface area contributed by atoms with Crippen molar-refractivity contribution in [3.8, 4) is 0 Å². The maximum Gasteiger partial charge on any atom is 0.418 e. The van der Waals surface area contributed by atoms with Gasteiger partial charge in [0.05, 0.1) is 24.9 Å². The van der Waals surface area contributed by atoms with Gasteiger partial charge in [-0.1, -0.05) is 19.1 Å². The van der Waals surface area contributed by atoms with Gasteiger partial charge in [0.15, 0.2) is 0 Å². The second kappa shape index (κ2) is 6.46. The van der Waals surface area contributed by atoms with Crippen LogP contribution in [0.2, 0.25) is 0 Å². The van der Waals surface area contributed by atoms with Gasteiger partial charge < -0.3 is 9.84 Å². The topological polar surface area (TPSA) is 54.7 Å². The number of carbonyl (C=O) groups excluding carboxylic acids is 1. The monoisotopic (exact) mass is 342 g/mol. The predicted octanol–water partition coefficient (Wildman–Crippen LogP) is 3.26. The highest BCUT2D eigenvalue weighted by Gasteiger charge is 2.39. The van der Waals surface area contributed by atoms with E-state index in [1.165, 1.54) is 25.5 Å². The summed E-state index contributed by atoms with van der Waals surface area (Å²) >= 11 is 0. The summed E-state index contributed by atoms with van der Waals surface area (Å²) in [6.07, 6.45) is 4.04. The lowest BCUT2D eigenvalue weighted by molar-refractivity contribution is 0.123. The molecule has 4 rings (SSSR count).